The summed E-state index contributed by atoms with van der Waals surface area (Å²) in [7, 11) is 0. The highest BCUT2D eigenvalue weighted by atomic mass is 35.5. The lowest BCUT2D eigenvalue weighted by Crippen LogP contribution is -1.83. The number of rotatable bonds is 2. The molecule has 0 unspecified atom stereocenters. The Balaban J connectivity index is 3.04. The van der Waals surface area contributed by atoms with Crippen LogP contribution in [0.15, 0.2) is 30.3 Å². The smallest absolute Gasteiger partial charge is 0.0406 e. The van der Waals surface area contributed by atoms with Gasteiger partial charge in [0.15, 0.2) is 0 Å². The van der Waals surface area contributed by atoms with E-state index in [2.05, 4.69) is 0 Å². The molecule has 0 spiro atoms. The number of benzene rings is 1. The number of hydrogen-bond donors (Lipinski definition) is 1. The normalized spacial score (nSPS) is 11.3. The zero-order valence-corrected chi connectivity index (χ0v) is 7.60. The lowest BCUT2D eigenvalue weighted by atomic mass is 10.1. The maximum Gasteiger partial charge on any atom is 0.0406 e. The molecule has 0 heterocycles. The van der Waals surface area contributed by atoms with Gasteiger partial charge in [0.1, 0.15) is 0 Å². The Kier molecular flexibility index (Phi) is 3.06. The predicted octanol–water partition coefficient (Wildman–Crippen LogP) is 3.39. The predicted molar refractivity (Wildman–Crippen MR) is 53.9 cm³/mol. The summed E-state index contributed by atoms with van der Waals surface area (Å²) in [6.07, 6.45) is 3.24. The van der Waals surface area contributed by atoms with E-state index in [1.165, 1.54) is 6.21 Å². The van der Waals surface area contributed by atoms with Gasteiger partial charge in [0.05, 0.1) is 0 Å². The van der Waals surface area contributed by atoms with Crippen LogP contribution in [0.5, 0.6) is 0 Å². The Labute approximate surface area is 77.2 Å². The first kappa shape index (κ1) is 9.01. The fraction of sp³-hybridized carbons (Fsp3) is 0.100. The van der Waals surface area contributed by atoms with Crippen molar-refractivity contribution in [2.24, 2.45) is 0 Å². The minimum absolute atomic E-state index is 0.721. The zero-order valence-electron chi connectivity index (χ0n) is 6.84. The molecule has 0 atom stereocenters. The van der Waals surface area contributed by atoms with Crippen molar-refractivity contribution in [3.8, 4) is 0 Å². The van der Waals surface area contributed by atoms with E-state index in [4.69, 9.17) is 17.0 Å². The van der Waals surface area contributed by atoms with Crippen LogP contribution in [-0.4, -0.2) is 6.21 Å². The van der Waals surface area contributed by atoms with Crippen LogP contribution in [-0.2, 0) is 0 Å². The highest BCUT2D eigenvalue weighted by molar-refractivity contribution is 6.30. The number of hydrogen-bond acceptors (Lipinski definition) is 1. The Bertz CT molecular complexity index is 298. The summed E-state index contributed by atoms with van der Waals surface area (Å²) in [6.45, 7) is 1.91. The van der Waals surface area contributed by atoms with Gasteiger partial charge < -0.3 is 5.41 Å². The van der Waals surface area contributed by atoms with Crippen molar-refractivity contribution < 1.29 is 0 Å². The molecule has 0 aliphatic heterocycles. The van der Waals surface area contributed by atoms with Gasteiger partial charge in [-0.3, -0.25) is 0 Å². The maximum absolute atomic E-state index is 7.12. The molecule has 0 saturated heterocycles. The SMILES string of the molecule is C/C=C(\C=N)c1ccc(Cl)cc1. The number of halogens is 1. The summed E-state index contributed by atoms with van der Waals surface area (Å²) in [5, 5.41) is 7.85. The second-order valence-corrected chi connectivity index (χ2v) is 2.83. The second-order valence-electron chi connectivity index (χ2n) is 2.40. The summed E-state index contributed by atoms with van der Waals surface area (Å²) in [5.41, 5.74) is 1.93. The first-order valence-electron chi connectivity index (χ1n) is 3.70. The van der Waals surface area contributed by atoms with Crippen molar-refractivity contribution in [2.75, 3.05) is 0 Å². The molecular formula is C10H10ClN. The summed E-state index contributed by atoms with van der Waals surface area (Å²) < 4.78 is 0. The van der Waals surface area contributed by atoms with E-state index in [1.54, 1.807) is 0 Å². The lowest BCUT2D eigenvalue weighted by Gasteiger charge is -1.99. The molecule has 0 amide bonds. The Morgan fingerprint density at radius 1 is 1.33 bits per heavy atom. The van der Waals surface area contributed by atoms with E-state index < -0.39 is 0 Å². The van der Waals surface area contributed by atoms with Crippen LogP contribution in [0.1, 0.15) is 12.5 Å². The van der Waals surface area contributed by atoms with Crippen molar-refractivity contribution >= 4 is 23.4 Å². The summed E-state index contributed by atoms with van der Waals surface area (Å²) in [5.74, 6) is 0. The van der Waals surface area contributed by atoms with Crippen molar-refractivity contribution in [1.82, 2.24) is 0 Å². The average molecular weight is 180 g/mol. The van der Waals surface area contributed by atoms with Crippen LogP contribution in [0.2, 0.25) is 5.02 Å². The van der Waals surface area contributed by atoms with Crippen molar-refractivity contribution in [2.45, 2.75) is 6.92 Å². The van der Waals surface area contributed by atoms with Gasteiger partial charge in [-0.15, -0.1) is 0 Å². The van der Waals surface area contributed by atoms with Crippen molar-refractivity contribution in [3.63, 3.8) is 0 Å². The first-order chi connectivity index (χ1) is 5.77. The van der Waals surface area contributed by atoms with Crippen molar-refractivity contribution in [1.29, 1.82) is 5.41 Å². The van der Waals surface area contributed by atoms with Crippen LogP contribution in [0.25, 0.3) is 5.57 Å². The zero-order chi connectivity index (χ0) is 8.97. The molecule has 0 radical (unpaired) electrons. The monoisotopic (exact) mass is 179 g/mol. The van der Waals surface area contributed by atoms with Gasteiger partial charge in [-0.25, -0.2) is 0 Å². The van der Waals surface area contributed by atoms with Gasteiger partial charge in [-0.05, 0) is 30.2 Å². The number of nitrogens with one attached hydrogen (secondary N) is 1. The Morgan fingerprint density at radius 3 is 2.33 bits per heavy atom. The highest BCUT2D eigenvalue weighted by Gasteiger charge is 1.95. The van der Waals surface area contributed by atoms with Gasteiger partial charge in [0.2, 0.25) is 0 Å². The molecule has 0 aromatic heterocycles. The molecule has 0 aliphatic carbocycles. The van der Waals surface area contributed by atoms with Crippen LogP contribution in [0, 0.1) is 5.41 Å². The summed E-state index contributed by atoms with van der Waals surface area (Å²) >= 11 is 5.73. The lowest BCUT2D eigenvalue weighted by molar-refractivity contribution is 1.55. The molecule has 12 heavy (non-hydrogen) atoms. The fourth-order valence-corrected chi connectivity index (χ4v) is 1.10. The van der Waals surface area contributed by atoms with E-state index in [1.807, 2.05) is 37.3 Å². The molecule has 1 aromatic carbocycles. The van der Waals surface area contributed by atoms with Gasteiger partial charge >= 0.3 is 0 Å². The standard InChI is InChI=1S/C10H10ClN/c1-2-8(7-12)9-3-5-10(11)6-4-9/h2-7,12H,1H3/b8-2+,12-7?. The van der Waals surface area contributed by atoms with Crippen molar-refractivity contribution in [3.05, 3.63) is 40.9 Å². The quantitative estimate of drug-likeness (QED) is 0.673. The van der Waals surface area contributed by atoms with Crippen LogP contribution >= 0.6 is 11.6 Å². The summed E-state index contributed by atoms with van der Waals surface area (Å²) in [6, 6.07) is 7.46. The van der Waals surface area contributed by atoms with Gasteiger partial charge in [-0.1, -0.05) is 29.8 Å². The first-order valence-corrected chi connectivity index (χ1v) is 4.08. The molecule has 0 fully saturated rings. The summed E-state index contributed by atoms with van der Waals surface area (Å²) in [4.78, 5) is 0. The van der Waals surface area contributed by atoms with E-state index in [0.717, 1.165) is 16.2 Å². The second kappa shape index (κ2) is 4.07. The molecule has 0 saturated carbocycles. The van der Waals surface area contributed by atoms with Gasteiger partial charge in [0, 0.05) is 11.2 Å². The maximum atomic E-state index is 7.12. The average Bonchev–Trinajstić information content (AvgIpc) is 2.10. The molecular weight excluding hydrogens is 170 g/mol. The minimum atomic E-state index is 0.721. The molecule has 0 bridgehead atoms. The van der Waals surface area contributed by atoms with Crippen LogP contribution < -0.4 is 0 Å². The molecule has 1 aromatic rings. The van der Waals surface area contributed by atoms with Crippen LogP contribution in [0.4, 0.5) is 0 Å². The molecule has 62 valence electrons. The highest BCUT2D eigenvalue weighted by Crippen LogP contribution is 2.15. The topological polar surface area (TPSA) is 23.9 Å². The Morgan fingerprint density at radius 2 is 1.92 bits per heavy atom. The molecule has 1 rings (SSSR count). The van der Waals surface area contributed by atoms with E-state index in [9.17, 15) is 0 Å². The van der Waals surface area contributed by atoms with Gasteiger partial charge in [-0.2, -0.15) is 0 Å². The van der Waals surface area contributed by atoms with Gasteiger partial charge in [0.25, 0.3) is 0 Å². The molecule has 1 N–H and O–H groups in total. The van der Waals surface area contributed by atoms with Crippen LogP contribution in [0.3, 0.4) is 0 Å². The third-order valence-corrected chi connectivity index (χ3v) is 1.90. The molecule has 2 heteroatoms. The van der Waals surface area contributed by atoms with E-state index in [0.29, 0.717) is 0 Å². The molecule has 1 nitrogen and oxygen atoms in total. The fourth-order valence-electron chi connectivity index (χ4n) is 0.976. The van der Waals surface area contributed by atoms with E-state index >= 15 is 0 Å². The minimum Gasteiger partial charge on any atom is -0.308 e. The number of allylic oxidation sites excluding steroid dienone is 2. The Hall–Kier alpha value is -1.08. The largest absolute Gasteiger partial charge is 0.308 e. The third kappa shape index (κ3) is 1.95. The molecule has 0 aliphatic rings. The third-order valence-electron chi connectivity index (χ3n) is 1.64. The van der Waals surface area contributed by atoms with E-state index in [-0.39, 0.29) is 0 Å².